The minimum Gasteiger partial charge on any atom is -0.872 e. The number of hydrazone groups is 1. The van der Waals surface area contributed by atoms with E-state index < -0.39 is 0 Å². The molecule has 0 unspecified atom stereocenters. The topological polar surface area (TPSA) is 94.5 Å². The molecule has 0 aliphatic carbocycles. The molecular weight excluding hydrogens is 392 g/mol. The van der Waals surface area contributed by atoms with Crippen LogP contribution < -0.4 is 15.5 Å². The first-order valence-corrected chi connectivity index (χ1v) is 8.81. The van der Waals surface area contributed by atoms with Crippen LogP contribution in [0.4, 0.5) is 0 Å². The third-order valence-corrected chi connectivity index (χ3v) is 4.53. The van der Waals surface area contributed by atoms with Crippen LogP contribution in [0.15, 0.2) is 57.2 Å². The lowest BCUT2D eigenvalue weighted by Crippen LogP contribution is -2.20. The van der Waals surface area contributed by atoms with Crippen LogP contribution in [-0.4, -0.2) is 22.9 Å². The van der Waals surface area contributed by atoms with Gasteiger partial charge >= 0.3 is 5.16 Å². The average molecular weight is 405 g/mol. The van der Waals surface area contributed by atoms with Crippen LogP contribution >= 0.6 is 27.7 Å². The predicted molar refractivity (Wildman–Crippen MR) is 94.9 cm³/mol. The third kappa shape index (κ3) is 4.15. The van der Waals surface area contributed by atoms with E-state index in [4.69, 9.17) is 0 Å². The largest absolute Gasteiger partial charge is 0.872 e. The Morgan fingerprint density at radius 1 is 1.38 bits per heavy atom. The maximum Gasteiger partial charge on any atom is 0.315 e. The fourth-order valence-corrected chi connectivity index (χ4v) is 3.10. The summed E-state index contributed by atoms with van der Waals surface area (Å²) in [6.45, 7) is 0. The Hall–Kier alpha value is -2.32. The van der Waals surface area contributed by atoms with Gasteiger partial charge in [-0.2, -0.15) is 5.10 Å². The number of nitrogens with zero attached hydrogens (tertiary/aromatic N) is 1. The molecule has 1 heterocycles. The number of nitrogens with one attached hydrogen (secondary N) is 3. The van der Waals surface area contributed by atoms with Gasteiger partial charge in [0, 0.05) is 4.47 Å². The first kappa shape index (κ1) is 16.5. The molecule has 0 atom stereocenters. The van der Waals surface area contributed by atoms with Gasteiger partial charge in [-0.15, -0.1) is 0 Å². The quantitative estimate of drug-likeness (QED) is 0.387. The maximum atomic E-state index is 11.8. The number of amides is 1. The van der Waals surface area contributed by atoms with Gasteiger partial charge in [-0.25, -0.2) is 15.4 Å². The molecule has 0 spiro atoms. The van der Waals surface area contributed by atoms with Crippen LogP contribution in [0.3, 0.4) is 0 Å². The van der Waals surface area contributed by atoms with E-state index in [1.54, 1.807) is 12.1 Å². The molecule has 0 fully saturated rings. The van der Waals surface area contributed by atoms with Gasteiger partial charge in [0.05, 0.1) is 12.0 Å². The molecule has 3 N–H and O–H groups in total. The molecule has 6 nitrogen and oxygen atoms in total. The molecule has 122 valence electrons. The Labute approximate surface area is 150 Å². The van der Waals surface area contributed by atoms with Gasteiger partial charge in [0.15, 0.2) is 11.0 Å². The van der Waals surface area contributed by atoms with Crippen LogP contribution in [0.25, 0.3) is 11.0 Å². The summed E-state index contributed by atoms with van der Waals surface area (Å²) < 4.78 is 0.778. The number of hydrogen-bond donors (Lipinski definition) is 2. The predicted octanol–water partition coefficient (Wildman–Crippen LogP) is 2.06. The number of H-pyrrole nitrogens is 2. The van der Waals surface area contributed by atoms with Crippen molar-refractivity contribution in [2.45, 2.75) is 5.16 Å². The van der Waals surface area contributed by atoms with E-state index in [0.29, 0.717) is 5.56 Å². The zero-order valence-corrected chi connectivity index (χ0v) is 14.8. The number of carbonyl (C=O) groups is 1. The van der Waals surface area contributed by atoms with Crippen molar-refractivity contribution in [3.05, 3.63) is 52.5 Å². The highest BCUT2D eigenvalue weighted by Gasteiger charge is 2.11. The molecule has 1 amide bonds. The molecule has 24 heavy (non-hydrogen) atoms. The summed E-state index contributed by atoms with van der Waals surface area (Å²) in [5, 5.41) is 16.2. The Morgan fingerprint density at radius 3 is 3.04 bits per heavy atom. The molecule has 0 radical (unpaired) electrons. The van der Waals surface area contributed by atoms with E-state index in [0.717, 1.165) is 20.7 Å². The Morgan fingerprint density at radius 2 is 2.21 bits per heavy atom. The van der Waals surface area contributed by atoms with E-state index in [1.807, 2.05) is 24.3 Å². The number of aromatic nitrogens is 2. The monoisotopic (exact) mass is 404 g/mol. The molecule has 1 aromatic heterocycles. The van der Waals surface area contributed by atoms with Gasteiger partial charge in [-0.05, 0) is 41.6 Å². The summed E-state index contributed by atoms with van der Waals surface area (Å²) in [6, 6.07) is 12.5. The number of benzene rings is 2. The smallest absolute Gasteiger partial charge is 0.315 e. The van der Waals surface area contributed by atoms with Crippen LogP contribution in [0.5, 0.6) is 5.75 Å². The maximum absolute atomic E-state index is 11.8. The Kier molecular flexibility index (Phi) is 5.17. The van der Waals surface area contributed by atoms with Crippen molar-refractivity contribution >= 4 is 50.8 Å². The first-order chi connectivity index (χ1) is 11.6. The normalized spacial score (nSPS) is 11.2. The van der Waals surface area contributed by atoms with Crippen LogP contribution in [0.1, 0.15) is 5.56 Å². The molecule has 0 saturated heterocycles. The molecule has 8 heteroatoms. The van der Waals surface area contributed by atoms with Crippen molar-refractivity contribution in [2.75, 3.05) is 5.75 Å². The molecule has 0 aliphatic heterocycles. The summed E-state index contributed by atoms with van der Waals surface area (Å²) in [4.78, 5) is 18.2. The van der Waals surface area contributed by atoms with Gasteiger partial charge in [0.1, 0.15) is 0 Å². The SMILES string of the molecule is O=C(CSc1[nH]c2ccccc2[nH+]1)NN=Cc1cc(Br)ccc1[O-]. The summed E-state index contributed by atoms with van der Waals surface area (Å²) in [6.07, 6.45) is 1.34. The second kappa shape index (κ2) is 7.50. The second-order valence-corrected chi connectivity index (χ2v) is 6.79. The lowest BCUT2D eigenvalue weighted by molar-refractivity contribution is -0.396. The zero-order chi connectivity index (χ0) is 16.9. The van der Waals surface area contributed by atoms with Gasteiger partial charge in [0.25, 0.3) is 5.91 Å². The standard InChI is InChI=1S/C16H13BrN4O2S/c17-11-5-6-14(22)10(7-11)8-18-21-15(23)9-24-16-19-12-3-1-2-4-13(12)20-16/h1-8,22H,9H2,(H,19,20)(H,21,23). The van der Waals surface area contributed by atoms with Gasteiger partial charge in [0.2, 0.25) is 0 Å². The van der Waals surface area contributed by atoms with Gasteiger partial charge in [-0.3, -0.25) is 4.79 Å². The first-order valence-electron chi connectivity index (χ1n) is 7.03. The third-order valence-electron chi connectivity index (χ3n) is 3.14. The summed E-state index contributed by atoms with van der Waals surface area (Å²) in [7, 11) is 0. The fraction of sp³-hybridized carbons (Fsp3) is 0.0625. The van der Waals surface area contributed by atoms with Crippen LogP contribution in [0.2, 0.25) is 0 Å². The lowest BCUT2D eigenvalue weighted by Gasteiger charge is -2.09. The van der Waals surface area contributed by atoms with Crippen molar-refractivity contribution in [3.63, 3.8) is 0 Å². The van der Waals surface area contributed by atoms with E-state index in [1.165, 1.54) is 24.0 Å². The van der Waals surface area contributed by atoms with Crippen molar-refractivity contribution in [2.24, 2.45) is 5.10 Å². The summed E-state index contributed by atoms with van der Waals surface area (Å²) >= 11 is 4.62. The minimum atomic E-state index is -0.259. The number of aromatic amines is 2. The number of thioether (sulfide) groups is 1. The molecule has 0 aliphatic rings. The average Bonchev–Trinajstić information content (AvgIpc) is 2.99. The number of halogens is 1. The number of imidazole rings is 1. The zero-order valence-electron chi connectivity index (χ0n) is 12.4. The van der Waals surface area contributed by atoms with Crippen molar-refractivity contribution < 1.29 is 14.9 Å². The second-order valence-electron chi connectivity index (χ2n) is 4.89. The number of para-hydroxylation sites is 2. The molecular formula is C16H13BrN4O2S. The van der Waals surface area contributed by atoms with Crippen molar-refractivity contribution in [1.29, 1.82) is 0 Å². The van der Waals surface area contributed by atoms with Crippen LogP contribution in [0, 0.1) is 0 Å². The molecule has 3 rings (SSSR count). The van der Waals surface area contributed by atoms with E-state index in [2.05, 4.69) is 36.4 Å². The van der Waals surface area contributed by atoms with Gasteiger partial charge in [-0.1, -0.05) is 39.9 Å². The van der Waals surface area contributed by atoms with Crippen molar-refractivity contribution in [1.82, 2.24) is 10.4 Å². The Bertz CT molecular complexity index is 877. The van der Waals surface area contributed by atoms with E-state index in [-0.39, 0.29) is 17.4 Å². The highest BCUT2D eigenvalue weighted by Crippen LogP contribution is 2.18. The highest BCUT2D eigenvalue weighted by molar-refractivity contribution is 9.10. The van der Waals surface area contributed by atoms with Crippen molar-refractivity contribution in [3.8, 4) is 5.75 Å². The molecule has 0 bridgehead atoms. The summed E-state index contributed by atoms with van der Waals surface area (Å²) in [5.41, 5.74) is 4.78. The fourth-order valence-electron chi connectivity index (χ4n) is 2.01. The highest BCUT2D eigenvalue weighted by atomic mass is 79.9. The number of rotatable bonds is 5. The van der Waals surface area contributed by atoms with E-state index in [9.17, 15) is 9.90 Å². The Balaban J connectivity index is 1.54. The number of hydrogen-bond acceptors (Lipinski definition) is 4. The summed E-state index contributed by atoms with van der Waals surface area (Å²) in [5.74, 6) is -0.215. The molecule has 3 aromatic rings. The number of carbonyl (C=O) groups excluding carboxylic acids is 1. The number of fused-ring (bicyclic) bond motifs is 1. The molecule has 0 saturated carbocycles. The lowest BCUT2D eigenvalue weighted by atomic mass is 10.2. The molecule has 2 aromatic carbocycles. The van der Waals surface area contributed by atoms with Gasteiger partial charge < -0.3 is 5.11 Å². The minimum absolute atomic E-state index is 0.154. The van der Waals surface area contributed by atoms with Crippen LogP contribution in [-0.2, 0) is 4.79 Å². The van der Waals surface area contributed by atoms with E-state index >= 15 is 0 Å².